The van der Waals surface area contributed by atoms with Gasteiger partial charge in [0.15, 0.2) is 5.96 Å². The zero-order valence-electron chi connectivity index (χ0n) is 15.3. The molecule has 0 aliphatic carbocycles. The highest BCUT2D eigenvalue weighted by molar-refractivity contribution is 5.79. The van der Waals surface area contributed by atoms with Crippen LogP contribution in [0.1, 0.15) is 23.7 Å². The first-order valence-corrected chi connectivity index (χ1v) is 8.77. The summed E-state index contributed by atoms with van der Waals surface area (Å²) < 4.78 is 3.91. The van der Waals surface area contributed by atoms with Crippen molar-refractivity contribution >= 4 is 5.96 Å². The highest BCUT2D eigenvalue weighted by Gasteiger charge is 2.02. The second-order valence-electron chi connectivity index (χ2n) is 6.05. The summed E-state index contributed by atoms with van der Waals surface area (Å²) in [6, 6.07) is 10.5. The highest BCUT2D eigenvalue weighted by Crippen LogP contribution is 2.08. The first kappa shape index (κ1) is 17.7. The number of aromatic nitrogens is 4. The second kappa shape index (κ2) is 8.84. The molecule has 26 heavy (non-hydrogen) atoms. The number of nitrogens with zero attached hydrogens (tertiary/aromatic N) is 5. The van der Waals surface area contributed by atoms with Crippen LogP contribution in [0.3, 0.4) is 0 Å². The molecule has 0 unspecified atom stereocenters. The number of rotatable bonds is 7. The summed E-state index contributed by atoms with van der Waals surface area (Å²) in [7, 11) is 1.94. The molecule has 0 aliphatic heterocycles. The summed E-state index contributed by atoms with van der Waals surface area (Å²) in [5.74, 6) is 0.800. The van der Waals surface area contributed by atoms with Crippen LogP contribution >= 0.6 is 0 Å². The van der Waals surface area contributed by atoms with Crippen molar-refractivity contribution in [1.29, 1.82) is 0 Å². The van der Waals surface area contributed by atoms with Crippen LogP contribution in [0.2, 0.25) is 0 Å². The van der Waals surface area contributed by atoms with Crippen molar-refractivity contribution in [2.45, 2.75) is 26.6 Å². The van der Waals surface area contributed by atoms with Crippen molar-refractivity contribution in [3.63, 3.8) is 0 Å². The van der Waals surface area contributed by atoms with E-state index in [1.54, 1.807) is 12.4 Å². The van der Waals surface area contributed by atoms with E-state index in [9.17, 15) is 0 Å². The molecule has 0 atom stereocenters. The van der Waals surface area contributed by atoms with Crippen molar-refractivity contribution in [2.75, 3.05) is 6.54 Å². The van der Waals surface area contributed by atoms with E-state index in [1.807, 2.05) is 30.3 Å². The van der Waals surface area contributed by atoms with E-state index >= 15 is 0 Å². The molecular formula is C19H25N7. The van der Waals surface area contributed by atoms with E-state index in [-0.39, 0.29) is 0 Å². The number of guanidine groups is 1. The molecule has 1 aromatic carbocycles. The van der Waals surface area contributed by atoms with Gasteiger partial charge in [-0.1, -0.05) is 24.3 Å². The average Bonchev–Trinajstić information content (AvgIpc) is 3.29. The van der Waals surface area contributed by atoms with Gasteiger partial charge in [0, 0.05) is 38.7 Å². The van der Waals surface area contributed by atoms with Gasteiger partial charge in [-0.2, -0.15) is 5.10 Å². The number of hydrogen-bond acceptors (Lipinski definition) is 3. The fraction of sp³-hybridized carbons (Fsp3) is 0.316. The first-order chi connectivity index (χ1) is 12.7. The largest absolute Gasteiger partial charge is 0.357 e. The SMILES string of the molecule is CCNC(=NCc1cccc(Cn2ccnc2)c1)NCc1ccnn1C. The number of aryl methyl sites for hydroxylation is 1. The Labute approximate surface area is 153 Å². The summed E-state index contributed by atoms with van der Waals surface area (Å²) >= 11 is 0. The summed E-state index contributed by atoms with van der Waals surface area (Å²) in [5, 5.41) is 10.8. The second-order valence-corrected chi connectivity index (χ2v) is 6.05. The Bertz CT molecular complexity index is 833. The summed E-state index contributed by atoms with van der Waals surface area (Å²) in [4.78, 5) is 8.78. The van der Waals surface area contributed by atoms with Gasteiger partial charge >= 0.3 is 0 Å². The van der Waals surface area contributed by atoms with Crippen LogP contribution in [0, 0.1) is 0 Å². The lowest BCUT2D eigenvalue weighted by molar-refractivity contribution is 0.685. The highest BCUT2D eigenvalue weighted by atomic mass is 15.3. The van der Waals surface area contributed by atoms with Gasteiger partial charge < -0.3 is 15.2 Å². The molecule has 0 bridgehead atoms. The standard InChI is InChI=1S/C19H25N7/c1-3-21-19(23-13-18-7-8-24-25(18)2)22-12-16-5-4-6-17(11-16)14-26-10-9-20-15-26/h4-11,15H,3,12-14H2,1-2H3,(H2,21,22,23). The maximum atomic E-state index is 4.70. The maximum Gasteiger partial charge on any atom is 0.191 e. The van der Waals surface area contributed by atoms with Crippen LogP contribution in [-0.4, -0.2) is 31.8 Å². The van der Waals surface area contributed by atoms with Gasteiger partial charge in [-0.25, -0.2) is 9.98 Å². The Hall–Kier alpha value is -3.09. The molecule has 136 valence electrons. The third kappa shape index (κ3) is 4.95. The number of aliphatic imine (C=N–C) groups is 1. The first-order valence-electron chi connectivity index (χ1n) is 8.77. The van der Waals surface area contributed by atoms with Crippen molar-refractivity contribution in [1.82, 2.24) is 30.0 Å². The monoisotopic (exact) mass is 351 g/mol. The minimum atomic E-state index is 0.624. The normalized spacial score (nSPS) is 11.5. The molecule has 0 amide bonds. The topological polar surface area (TPSA) is 72.1 Å². The van der Waals surface area contributed by atoms with Crippen molar-refractivity contribution in [3.05, 3.63) is 72.1 Å². The Morgan fingerprint density at radius 3 is 2.77 bits per heavy atom. The molecule has 3 rings (SSSR count). The quantitative estimate of drug-likeness (QED) is 0.504. The lowest BCUT2D eigenvalue weighted by Crippen LogP contribution is -2.37. The molecule has 2 heterocycles. The molecule has 7 heteroatoms. The molecular weight excluding hydrogens is 326 g/mol. The van der Waals surface area contributed by atoms with Crippen molar-refractivity contribution in [2.24, 2.45) is 12.0 Å². The molecule has 0 fully saturated rings. The lowest BCUT2D eigenvalue weighted by atomic mass is 10.1. The van der Waals surface area contributed by atoms with Gasteiger partial charge in [-0.3, -0.25) is 4.68 Å². The molecule has 0 aliphatic rings. The van der Waals surface area contributed by atoms with Gasteiger partial charge in [-0.05, 0) is 24.1 Å². The maximum absolute atomic E-state index is 4.70. The van der Waals surface area contributed by atoms with Gasteiger partial charge in [0.2, 0.25) is 0 Å². The van der Waals surface area contributed by atoms with Crippen LogP contribution in [0.15, 0.2) is 60.2 Å². The van der Waals surface area contributed by atoms with Crippen LogP contribution in [-0.2, 0) is 26.7 Å². The predicted octanol–water partition coefficient (Wildman–Crippen LogP) is 1.92. The lowest BCUT2D eigenvalue weighted by Gasteiger charge is -2.11. The molecule has 7 nitrogen and oxygen atoms in total. The third-order valence-corrected chi connectivity index (χ3v) is 4.04. The predicted molar refractivity (Wildman–Crippen MR) is 103 cm³/mol. The molecule has 0 spiro atoms. The van der Waals surface area contributed by atoms with Crippen molar-refractivity contribution < 1.29 is 0 Å². The van der Waals surface area contributed by atoms with Gasteiger partial charge in [0.25, 0.3) is 0 Å². The van der Waals surface area contributed by atoms with E-state index in [4.69, 9.17) is 4.99 Å². The van der Waals surface area contributed by atoms with E-state index in [2.05, 4.69) is 56.5 Å². The van der Waals surface area contributed by atoms with Crippen LogP contribution in [0.25, 0.3) is 0 Å². The smallest absolute Gasteiger partial charge is 0.191 e. The van der Waals surface area contributed by atoms with Gasteiger partial charge in [-0.15, -0.1) is 0 Å². The van der Waals surface area contributed by atoms with Crippen LogP contribution in [0.5, 0.6) is 0 Å². The Kier molecular flexibility index (Phi) is 6.03. The minimum Gasteiger partial charge on any atom is -0.357 e. The molecule has 3 aromatic rings. The fourth-order valence-corrected chi connectivity index (χ4v) is 2.68. The van der Waals surface area contributed by atoms with E-state index in [0.29, 0.717) is 13.1 Å². The Morgan fingerprint density at radius 2 is 2.04 bits per heavy atom. The zero-order chi connectivity index (χ0) is 18.2. The average molecular weight is 351 g/mol. The third-order valence-electron chi connectivity index (χ3n) is 4.04. The molecule has 0 saturated carbocycles. The molecule has 2 aromatic heterocycles. The Morgan fingerprint density at radius 1 is 1.15 bits per heavy atom. The number of benzene rings is 1. The van der Waals surface area contributed by atoms with E-state index in [1.165, 1.54) is 11.1 Å². The number of hydrogen-bond donors (Lipinski definition) is 2. The molecule has 2 N–H and O–H groups in total. The van der Waals surface area contributed by atoms with Crippen LogP contribution in [0.4, 0.5) is 0 Å². The van der Waals surface area contributed by atoms with E-state index in [0.717, 1.165) is 24.7 Å². The molecule has 0 radical (unpaired) electrons. The van der Waals surface area contributed by atoms with Gasteiger partial charge in [0.05, 0.1) is 25.1 Å². The molecule has 0 saturated heterocycles. The summed E-state index contributed by atoms with van der Waals surface area (Å²) in [6.45, 7) is 5.00. The number of nitrogens with one attached hydrogen (secondary N) is 2. The number of imidazole rings is 1. The minimum absolute atomic E-state index is 0.624. The van der Waals surface area contributed by atoms with Crippen molar-refractivity contribution in [3.8, 4) is 0 Å². The summed E-state index contributed by atoms with van der Waals surface area (Å²) in [6.07, 6.45) is 7.39. The van der Waals surface area contributed by atoms with Crippen LogP contribution < -0.4 is 10.6 Å². The van der Waals surface area contributed by atoms with Gasteiger partial charge in [0.1, 0.15) is 0 Å². The van der Waals surface area contributed by atoms with E-state index < -0.39 is 0 Å². The summed E-state index contributed by atoms with van der Waals surface area (Å²) in [5.41, 5.74) is 3.53. The Balaban J connectivity index is 1.62. The fourth-order valence-electron chi connectivity index (χ4n) is 2.68. The zero-order valence-corrected chi connectivity index (χ0v) is 15.3.